The molecule has 0 aliphatic carbocycles. The van der Waals surface area contributed by atoms with Gasteiger partial charge in [-0.15, -0.1) is 0 Å². The third-order valence-corrected chi connectivity index (χ3v) is 5.62. The Morgan fingerprint density at radius 3 is 2.33 bits per heavy atom. The highest BCUT2D eigenvalue weighted by Crippen LogP contribution is 2.21. The van der Waals surface area contributed by atoms with Crippen molar-refractivity contribution in [3.8, 4) is 5.69 Å². The van der Waals surface area contributed by atoms with Gasteiger partial charge < -0.3 is 0 Å². The molecule has 5 rings (SSSR count). The van der Waals surface area contributed by atoms with Gasteiger partial charge in [-0.3, -0.25) is 9.36 Å². The molecule has 4 aromatic carbocycles. The number of rotatable bonds is 3. The molecule has 0 atom stereocenters. The smallest absolute Gasteiger partial charge is 0.266 e. The molecular formula is C26H17BrN2O. The van der Waals surface area contributed by atoms with E-state index in [9.17, 15) is 4.79 Å². The second-order valence-electron chi connectivity index (χ2n) is 7.04. The summed E-state index contributed by atoms with van der Waals surface area (Å²) in [5.74, 6) is 0.594. The predicted octanol–water partition coefficient (Wildman–Crippen LogP) is 6.47. The Morgan fingerprint density at radius 1 is 0.767 bits per heavy atom. The molecule has 1 aromatic heterocycles. The molecule has 3 nitrogen and oxygen atoms in total. The van der Waals surface area contributed by atoms with Crippen LogP contribution in [0.1, 0.15) is 11.4 Å². The van der Waals surface area contributed by atoms with Crippen molar-refractivity contribution >= 4 is 49.8 Å². The zero-order valence-electron chi connectivity index (χ0n) is 16.0. The summed E-state index contributed by atoms with van der Waals surface area (Å²) in [5, 5.41) is 2.82. The van der Waals surface area contributed by atoms with Crippen molar-refractivity contribution in [1.82, 2.24) is 9.55 Å². The molecule has 0 radical (unpaired) electrons. The average Bonchev–Trinajstić information content (AvgIpc) is 2.78. The summed E-state index contributed by atoms with van der Waals surface area (Å²) >= 11 is 3.46. The van der Waals surface area contributed by atoms with Gasteiger partial charge in [0.1, 0.15) is 5.82 Å². The lowest BCUT2D eigenvalue weighted by atomic mass is 10.1. The quantitative estimate of drug-likeness (QED) is 0.314. The van der Waals surface area contributed by atoms with Crippen molar-refractivity contribution in [3.63, 3.8) is 0 Å². The van der Waals surface area contributed by atoms with Crippen molar-refractivity contribution < 1.29 is 0 Å². The van der Waals surface area contributed by atoms with Crippen LogP contribution in [0.25, 0.3) is 39.5 Å². The van der Waals surface area contributed by atoms with Crippen LogP contribution in [0, 0.1) is 0 Å². The highest BCUT2D eigenvalue weighted by molar-refractivity contribution is 9.10. The van der Waals surface area contributed by atoms with Gasteiger partial charge in [0.25, 0.3) is 5.56 Å². The van der Waals surface area contributed by atoms with Gasteiger partial charge >= 0.3 is 0 Å². The summed E-state index contributed by atoms with van der Waals surface area (Å²) in [4.78, 5) is 18.2. The molecule has 0 saturated carbocycles. The molecule has 0 spiro atoms. The van der Waals surface area contributed by atoms with Gasteiger partial charge in [-0.25, -0.2) is 4.98 Å². The first-order valence-corrected chi connectivity index (χ1v) is 10.4. The van der Waals surface area contributed by atoms with Crippen molar-refractivity contribution in [3.05, 3.63) is 117 Å². The van der Waals surface area contributed by atoms with Gasteiger partial charge in [-0.2, -0.15) is 0 Å². The fraction of sp³-hybridized carbons (Fsp3) is 0. The number of hydrogen-bond donors (Lipinski definition) is 0. The Balaban J connectivity index is 1.73. The first-order valence-electron chi connectivity index (χ1n) is 9.64. The Morgan fingerprint density at radius 2 is 1.50 bits per heavy atom. The second kappa shape index (κ2) is 7.73. The van der Waals surface area contributed by atoms with Gasteiger partial charge in [0.15, 0.2) is 0 Å². The molecular weight excluding hydrogens is 436 g/mol. The van der Waals surface area contributed by atoms with Crippen LogP contribution in [0.5, 0.6) is 0 Å². The third kappa shape index (κ3) is 3.46. The third-order valence-electron chi connectivity index (χ3n) is 5.09. The van der Waals surface area contributed by atoms with E-state index in [4.69, 9.17) is 4.98 Å². The molecule has 1 heterocycles. The number of nitrogens with zero attached hydrogens (tertiary/aromatic N) is 2. The first-order chi connectivity index (χ1) is 14.7. The number of aromatic nitrogens is 2. The number of benzene rings is 4. The van der Waals surface area contributed by atoms with Crippen molar-refractivity contribution in [2.75, 3.05) is 0 Å². The van der Waals surface area contributed by atoms with E-state index < -0.39 is 0 Å². The average molecular weight is 453 g/mol. The minimum atomic E-state index is -0.0775. The van der Waals surface area contributed by atoms with E-state index in [-0.39, 0.29) is 5.56 Å². The van der Waals surface area contributed by atoms with Crippen LogP contribution < -0.4 is 5.56 Å². The highest BCUT2D eigenvalue weighted by atomic mass is 79.9. The maximum absolute atomic E-state index is 13.4. The van der Waals surface area contributed by atoms with Crippen LogP contribution in [0.3, 0.4) is 0 Å². The molecule has 0 aliphatic rings. The van der Waals surface area contributed by atoms with Crippen LogP contribution in [-0.4, -0.2) is 9.55 Å². The number of hydrogen-bond acceptors (Lipinski definition) is 2. The van der Waals surface area contributed by atoms with E-state index in [1.807, 2.05) is 91.0 Å². The Bertz CT molecular complexity index is 1470. The van der Waals surface area contributed by atoms with Gasteiger partial charge in [-0.05, 0) is 58.8 Å². The highest BCUT2D eigenvalue weighted by Gasteiger charge is 2.11. The Labute approximate surface area is 182 Å². The molecule has 0 amide bonds. The van der Waals surface area contributed by atoms with Crippen LogP contribution >= 0.6 is 15.9 Å². The molecule has 5 aromatic rings. The van der Waals surface area contributed by atoms with Crippen LogP contribution in [0.4, 0.5) is 0 Å². The van der Waals surface area contributed by atoms with Crippen LogP contribution in [-0.2, 0) is 0 Å². The predicted molar refractivity (Wildman–Crippen MR) is 128 cm³/mol. The Kier molecular flexibility index (Phi) is 4.77. The summed E-state index contributed by atoms with van der Waals surface area (Å²) in [6.07, 6.45) is 3.87. The van der Waals surface area contributed by atoms with Crippen molar-refractivity contribution in [2.45, 2.75) is 0 Å². The molecule has 0 saturated heterocycles. The molecule has 4 heteroatoms. The standard InChI is InChI=1S/C26H17BrN2O/c27-21-13-9-18(10-14-21)11-16-25-28-24-8-4-3-7-23(24)26(30)29(25)22-15-12-19-5-1-2-6-20(19)17-22/h1-17H. The monoisotopic (exact) mass is 452 g/mol. The zero-order valence-corrected chi connectivity index (χ0v) is 17.6. The fourth-order valence-corrected chi connectivity index (χ4v) is 3.84. The summed E-state index contributed by atoms with van der Waals surface area (Å²) < 4.78 is 2.71. The maximum atomic E-state index is 13.4. The van der Waals surface area contributed by atoms with E-state index in [1.54, 1.807) is 4.57 Å². The summed E-state index contributed by atoms with van der Waals surface area (Å²) in [5.41, 5.74) is 2.44. The van der Waals surface area contributed by atoms with E-state index in [1.165, 1.54) is 0 Å². The van der Waals surface area contributed by atoms with E-state index in [2.05, 4.69) is 28.1 Å². The number of halogens is 1. The van der Waals surface area contributed by atoms with Crippen molar-refractivity contribution in [2.24, 2.45) is 0 Å². The normalized spacial score (nSPS) is 11.5. The summed E-state index contributed by atoms with van der Waals surface area (Å²) in [6, 6.07) is 29.6. The minimum absolute atomic E-state index is 0.0775. The first kappa shape index (κ1) is 18.5. The maximum Gasteiger partial charge on any atom is 0.266 e. The lowest BCUT2D eigenvalue weighted by Crippen LogP contribution is -2.22. The summed E-state index contributed by atoms with van der Waals surface area (Å²) in [6.45, 7) is 0. The van der Waals surface area contributed by atoms with Crippen LogP contribution in [0.15, 0.2) is 100 Å². The molecule has 0 bridgehead atoms. The SMILES string of the molecule is O=c1c2ccccc2nc(C=Cc2ccc(Br)cc2)n1-c1ccc2ccccc2c1. The summed E-state index contributed by atoms with van der Waals surface area (Å²) in [7, 11) is 0. The molecule has 30 heavy (non-hydrogen) atoms. The van der Waals surface area contributed by atoms with Gasteiger partial charge in [0.2, 0.25) is 0 Å². The largest absolute Gasteiger partial charge is 0.268 e. The van der Waals surface area contributed by atoms with E-state index in [0.717, 1.165) is 26.5 Å². The lowest BCUT2D eigenvalue weighted by molar-refractivity contribution is 0.946. The van der Waals surface area contributed by atoms with Gasteiger partial charge in [-0.1, -0.05) is 76.6 Å². The Hall–Kier alpha value is -3.50. The van der Waals surface area contributed by atoms with Gasteiger partial charge in [0.05, 0.1) is 16.6 Å². The van der Waals surface area contributed by atoms with Crippen molar-refractivity contribution in [1.29, 1.82) is 0 Å². The molecule has 144 valence electrons. The van der Waals surface area contributed by atoms with Crippen LogP contribution in [0.2, 0.25) is 0 Å². The lowest BCUT2D eigenvalue weighted by Gasteiger charge is -2.12. The molecule has 0 unspecified atom stereocenters. The zero-order chi connectivity index (χ0) is 20.5. The topological polar surface area (TPSA) is 34.9 Å². The number of para-hydroxylation sites is 1. The minimum Gasteiger partial charge on any atom is -0.268 e. The second-order valence-corrected chi connectivity index (χ2v) is 7.96. The molecule has 0 N–H and O–H groups in total. The van der Waals surface area contributed by atoms with E-state index >= 15 is 0 Å². The molecule has 0 fully saturated rings. The van der Waals surface area contributed by atoms with Gasteiger partial charge in [0, 0.05) is 4.47 Å². The molecule has 0 aliphatic heterocycles. The van der Waals surface area contributed by atoms with E-state index in [0.29, 0.717) is 16.7 Å². The number of fused-ring (bicyclic) bond motifs is 2. The fourth-order valence-electron chi connectivity index (χ4n) is 3.57.